The van der Waals surface area contributed by atoms with Crippen molar-refractivity contribution in [2.24, 2.45) is 5.92 Å². The maximum atomic E-state index is 14.4. The molecular weight excluding hydrogens is 764 g/mol. The number of halogens is 1. The fourth-order valence-corrected chi connectivity index (χ4v) is 9.20. The van der Waals surface area contributed by atoms with Gasteiger partial charge in [-0.25, -0.2) is 18.2 Å². The number of amides is 4. The number of para-hydroxylation sites is 1. The molecule has 17 heteroatoms. The third-order valence-electron chi connectivity index (χ3n) is 10.9. The number of allylic oxidation sites excluding steroid dienone is 1. The van der Waals surface area contributed by atoms with Crippen molar-refractivity contribution in [3.63, 3.8) is 0 Å². The van der Waals surface area contributed by atoms with Gasteiger partial charge >= 0.3 is 6.09 Å². The summed E-state index contributed by atoms with van der Waals surface area (Å²) in [6, 6.07) is 12.2. The Hall–Kier alpha value is -5.22. The summed E-state index contributed by atoms with van der Waals surface area (Å²) in [5, 5.41) is 5.99. The lowest BCUT2D eigenvalue weighted by Crippen LogP contribution is -2.58. The van der Waals surface area contributed by atoms with Crippen molar-refractivity contribution in [1.29, 1.82) is 0 Å². The summed E-state index contributed by atoms with van der Waals surface area (Å²) in [5.41, 5.74) is 0.295. The van der Waals surface area contributed by atoms with Crippen molar-refractivity contribution in [3.8, 4) is 17.3 Å². The van der Waals surface area contributed by atoms with Gasteiger partial charge in [-0.1, -0.05) is 60.9 Å². The van der Waals surface area contributed by atoms with Crippen LogP contribution in [-0.4, -0.2) is 89.7 Å². The Morgan fingerprint density at radius 3 is 2.61 bits per heavy atom. The Balaban J connectivity index is 1.15. The van der Waals surface area contributed by atoms with E-state index in [-0.39, 0.29) is 43.1 Å². The van der Waals surface area contributed by atoms with Crippen molar-refractivity contribution in [2.75, 3.05) is 13.7 Å². The predicted molar refractivity (Wildman–Crippen MR) is 205 cm³/mol. The van der Waals surface area contributed by atoms with Crippen molar-refractivity contribution in [3.05, 3.63) is 65.7 Å². The number of hydrogen-bond donors (Lipinski definition) is 3. The van der Waals surface area contributed by atoms with Crippen LogP contribution in [0.5, 0.6) is 5.88 Å². The van der Waals surface area contributed by atoms with Gasteiger partial charge in [0, 0.05) is 23.3 Å². The lowest BCUT2D eigenvalue weighted by molar-refractivity contribution is -0.141. The average molecular weight is 805 g/mol. The minimum Gasteiger partial charge on any atom is -0.470 e. The van der Waals surface area contributed by atoms with E-state index in [1.54, 1.807) is 24.3 Å². The van der Waals surface area contributed by atoms with Gasteiger partial charge in [0.25, 0.3) is 11.8 Å². The number of nitrogens with one attached hydrogen (secondary N) is 3. The summed E-state index contributed by atoms with van der Waals surface area (Å²) in [6.45, 7) is -0.0952. The van der Waals surface area contributed by atoms with E-state index in [2.05, 4.69) is 15.4 Å². The predicted octanol–water partition coefficient (Wildman–Crippen LogP) is 4.77. The number of alkyl carbamates (subject to hydrolysis) is 1. The molecule has 56 heavy (non-hydrogen) atoms. The second-order valence-electron chi connectivity index (χ2n) is 14.8. The number of sulfonamides is 1. The SMILES string of the molecule is COC(=O)N[C@H]1CCCCCC=C[C@@H]2C[C@@]2(C(=O)NS(=O)(=O)C2CC2)NC(=O)[C@@H]2C[C@@H](Oc3nc(-c4ccccc4Cl)nc4c3oc3ccccc34)CN2C1=O. The zero-order valence-electron chi connectivity index (χ0n) is 30.5. The van der Waals surface area contributed by atoms with E-state index in [0.29, 0.717) is 52.8 Å². The summed E-state index contributed by atoms with van der Waals surface area (Å²) in [7, 11) is -2.72. The van der Waals surface area contributed by atoms with E-state index in [0.717, 1.165) is 12.8 Å². The molecule has 0 spiro atoms. The van der Waals surface area contributed by atoms with Gasteiger partial charge in [0.15, 0.2) is 5.82 Å². The van der Waals surface area contributed by atoms with Gasteiger partial charge in [-0.2, -0.15) is 4.98 Å². The van der Waals surface area contributed by atoms with E-state index in [4.69, 9.17) is 35.5 Å². The molecule has 294 valence electrons. The number of rotatable bonds is 7. The van der Waals surface area contributed by atoms with Crippen LogP contribution in [0.3, 0.4) is 0 Å². The van der Waals surface area contributed by atoms with Crippen LogP contribution >= 0.6 is 11.6 Å². The molecule has 15 nitrogen and oxygen atoms in total. The first-order chi connectivity index (χ1) is 27.0. The fourth-order valence-electron chi connectivity index (χ4n) is 7.61. The number of hydrogen-bond acceptors (Lipinski definition) is 11. The van der Waals surface area contributed by atoms with Crippen LogP contribution in [0, 0.1) is 5.92 Å². The highest BCUT2D eigenvalue weighted by Gasteiger charge is 2.62. The number of ether oxygens (including phenoxy) is 2. The van der Waals surface area contributed by atoms with Crippen LogP contribution in [0.15, 0.2) is 65.1 Å². The number of furan rings is 1. The molecule has 2 aromatic heterocycles. The first-order valence-electron chi connectivity index (χ1n) is 18.8. The first-order valence-corrected chi connectivity index (χ1v) is 20.7. The molecule has 0 unspecified atom stereocenters. The fraction of sp³-hybridized carbons (Fsp3) is 0.436. The summed E-state index contributed by atoms with van der Waals surface area (Å²) < 4.78 is 45.5. The molecule has 2 aliphatic carbocycles. The van der Waals surface area contributed by atoms with E-state index in [9.17, 15) is 27.6 Å². The topological polar surface area (TPSA) is 199 Å². The van der Waals surface area contributed by atoms with Crippen molar-refractivity contribution < 1.29 is 41.5 Å². The highest BCUT2D eigenvalue weighted by molar-refractivity contribution is 7.91. The van der Waals surface area contributed by atoms with Crippen LogP contribution in [0.2, 0.25) is 5.02 Å². The van der Waals surface area contributed by atoms with Crippen LogP contribution in [-0.2, 0) is 29.1 Å². The Labute approximate surface area is 327 Å². The first kappa shape index (κ1) is 37.7. The number of aromatic nitrogens is 2. The molecule has 3 fully saturated rings. The van der Waals surface area contributed by atoms with Crippen LogP contribution in [0.4, 0.5) is 4.79 Å². The number of carbonyl (C=O) groups excluding carboxylic acids is 4. The molecule has 2 saturated carbocycles. The zero-order chi connectivity index (χ0) is 39.2. The van der Waals surface area contributed by atoms with Gasteiger partial charge < -0.3 is 29.4 Å². The largest absolute Gasteiger partial charge is 0.470 e. The molecule has 8 rings (SSSR count). The molecular formula is C39H41ClN6O9S. The zero-order valence-corrected chi connectivity index (χ0v) is 32.1. The Morgan fingerprint density at radius 2 is 1.82 bits per heavy atom. The molecule has 2 aliphatic heterocycles. The van der Waals surface area contributed by atoms with Gasteiger partial charge in [-0.3, -0.25) is 19.1 Å². The Kier molecular flexibility index (Phi) is 10.1. The molecule has 4 amide bonds. The Bertz CT molecular complexity index is 2360. The number of carbonyl (C=O) groups is 4. The molecule has 0 radical (unpaired) electrons. The summed E-state index contributed by atoms with van der Waals surface area (Å²) >= 11 is 6.57. The standard InChI is InChI=1S/C39H41ClN6O9S/c1-53-38(50)41-28-15-6-4-2-3-5-11-22-20-39(22,37(49)45-56(51,52)24-17-18-24)44-34(47)29-19-23(21-46(29)36(28)48)54-35-32-31(26-13-8-10-16-30(26)55-32)42-33(43-35)25-12-7-9-14-27(25)40/h5,7-14,16,22-24,28-29H,2-4,6,15,17-21H2,1H3,(H,41,50)(H,44,47)(H,45,49)/t22-,23-,28+,29+,39-/m1/s1. The number of fused-ring (bicyclic) bond motifs is 5. The van der Waals surface area contributed by atoms with Crippen LogP contribution < -0.4 is 20.1 Å². The van der Waals surface area contributed by atoms with Gasteiger partial charge in [-0.15, -0.1) is 0 Å². The highest BCUT2D eigenvalue weighted by atomic mass is 35.5. The second-order valence-corrected chi connectivity index (χ2v) is 17.2. The smallest absolute Gasteiger partial charge is 0.407 e. The quantitative estimate of drug-likeness (QED) is 0.218. The maximum absolute atomic E-state index is 14.4. The number of methoxy groups -OCH3 is 1. The summed E-state index contributed by atoms with van der Waals surface area (Å²) in [5.74, 6) is -2.13. The highest BCUT2D eigenvalue weighted by Crippen LogP contribution is 2.46. The summed E-state index contributed by atoms with van der Waals surface area (Å²) in [4.78, 5) is 66.0. The molecule has 4 aliphatic rings. The van der Waals surface area contributed by atoms with Crippen LogP contribution in [0.1, 0.15) is 57.8 Å². The van der Waals surface area contributed by atoms with Crippen molar-refractivity contribution >= 4 is 67.5 Å². The van der Waals surface area contributed by atoms with Gasteiger partial charge in [-0.05, 0) is 62.8 Å². The number of benzene rings is 2. The summed E-state index contributed by atoms with van der Waals surface area (Å²) in [6.07, 6.45) is 6.30. The van der Waals surface area contributed by atoms with E-state index in [1.807, 2.05) is 36.4 Å². The van der Waals surface area contributed by atoms with Gasteiger partial charge in [0.05, 0.1) is 23.9 Å². The minimum absolute atomic E-state index is 0.0335. The monoisotopic (exact) mass is 804 g/mol. The van der Waals surface area contributed by atoms with Gasteiger partial charge in [0.2, 0.25) is 27.4 Å². The number of nitrogens with zero attached hydrogens (tertiary/aromatic N) is 3. The molecule has 3 N–H and O–H groups in total. The van der Waals surface area contributed by atoms with Gasteiger partial charge in [0.1, 0.15) is 34.8 Å². The third-order valence-corrected chi connectivity index (χ3v) is 13.1. The minimum atomic E-state index is -3.92. The van der Waals surface area contributed by atoms with Crippen LogP contribution in [0.25, 0.3) is 33.5 Å². The van der Waals surface area contributed by atoms with Crippen molar-refractivity contribution in [1.82, 2.24) is 30.2 Å². The molecule has 4 aromatic rings. The average Bonchev–Trinajstić information content (AvgIpc) is 4.08. The third kappa shape index (κ3) is 7.39. The lowest BCUT2D eigenvalue weighted by Gasteiger charge is -2.29. The van der Waals surface area contributed by atoms with E-state index in [1.165, 1.54) is 12.0 Å². The molecule has 4 heterocycles. The second kappa shape index (κ2) is 15.0. The molecule has 0 bridgehead atoms. The molecule has 5 atom stereocenters. The van der Waals surface area contributed by atoms with E-state index >= 15 is 0 Å². The lowest BCUT2D eigenvalue weighted by atomic mass is 10.1. The maximum Gasteiger partial charge on any atom is 0.407 e. The normalized spacial score (nSPS) is 25.7. The molecule has 2 aromatic carbocycles. The Morgan fingerprint density at radius 1 is 1.04 bits per heavy atom. The van der Waals surface area contributed by atoms with E-state index < -0.39 is 68.7 Å². The molecule has 1 saturated heterocycles. The van der Waals surface area contributed by atoms with Crippen molar-refractivity contribution in [2.45, 2.75) is 86.8 Å².